The molecule has 0 radical (unpaired) electrons. The van der Waals surface area contributed by atoms with Crippen molar-refractivity contribution in [3.05, 3.63) is 63.1 Å². The van der Waals surface area contributed by atoms with Gasteiger partial charge in [-0.3, -0.25) is 14.5 Å². The summed E-state index contributed by atoms with van der Waals surface area (Å²) >= 11 is 0. The van der Waals surface area contributed by atoms with Crippen LogP contribution in [0.3, 0.4) is 0 Å². The molecule has 1 unspecified atom stereocenters. The summed E-state index contributed by atoms with van der Waals surface area (Å²) < 4.78 is 0. The maximum absolute atomic E-state index is 12.8. The number of rotatable bonds is 5. The number of piperidine rings is 1. The third-order valence-corrected chi connectivity index (χ3v) is 6.50. The molecule has 1 fully saturated rings. The Morgan fingerprint density at radius 2 is 2.03 bits per heavy atom. The van der Waals surface area contributed by atoms with E-state index in [-0.39, 0.29) is 23.1 Å². The van der Waals surface area contributed by atoms with Crippen molar-refractivity contribution in [1.29, 1.82) is 0 Å². The standard InChI is InChI=1S/C24H31N3O3/c1-2-16-6-7-22-18(12-16)14-21(24(30)26-22)23(29)25-19-5-3-4-17(13-19)15-27-10-8-20(28)9-11-27/h3-5,13-14,16,20,28H,2,6-12,15H2,1H3,(H,25,29)(H,26,30). The quantitative estimate of drug-likeness (QED) is 0.708. The highest BCUT2D eigenvalue weighted by Crippen LogP contribution is 2.26. The fourth-order valence-electron chi connectivity index (χ4n) is 4.58. The maximum atomic E-state index is 12.8. The number of anilines is 1. The van der Waals surface area contributed by atoms with Gasteiger partial charge < -0.3 is 15.4 Å². The molecule has 0 spiro atoms. The Balaban J connectivity index is 1.46. The zero-order valence-electron chi connectivity index (χ0n) is 17.6. The first-order valence-corrected chi connectivity index (χ1v) is 11.1. The molecule has 1 aromatic heterocycles. The van der Waals surface area contributed by atoms with E-state index < -0.39 is 0 Å². The van der Waals surface area contributed by atoms with Crippen molar-refractivity contribution in [3.63, 3.8) is 0 Å². The Bertz CT molecular complexity index is 960. The summed E-state index contributed by atoms with van der Waals surface area (Å²) in [5.74, 6) is 0.253. The molecule has 2 heterocycles. The van der Waals surface area contributed by atoms with E-state index in [1.165, 1.54) is 0 Å². The lowest BCUT2D eigenvalue weighted by molar-refractivity contribution is 0.0792. The summed E-state index contributed by atoms with van der Waals surface area (Å²) in [5.41, 5.74) is 3.74. The molecule has 1 aromatic carbocycles. The SMILES string of the molecule is CCC1CCc2[nH]c(=O)c(C(=O)Nc3cccc(CN4CCC(O)CC4)c3)cc2C1. The molecule has 3 N–H and O–H groups in total. The molecule has 1 aliphatic carbocycles. The van der Waals surface area contributed by atoms with E-state index in [2.05, 4.69) is 22.1 Å². The lowest BCUT2D eigenvalue weighted by Gasteiger charge is -2.29. The van der Waals surface area contributed by atoms with Gasteiger partial charge in [-0.15, -0.1) is 0 Å². The number of H-pyrrole nitrogens is 1. The fraction of sp³-hybridized carbons (Fsp3) is 0.500. The molecule has 30 heavy (non-hydrogen) atoms. The highest BCUT2D eigenvalue weighted by atomic mass is 16.3. The molecule has 1 atom stereocenters. The van der Waals surface area contributed by atoms with E-state index >= 15 is 0 Å². The average Bonchev–Trinajstić information content (AvgIpc) is 2.75. The van der Waals surface area contributed by atoms with Crippen molar-refractivity contribution in [1.82, 2.24) is 9.88 Å². The van der Waals surface area contributed by atoms with E-state index in [1.54, 1.807) is 6.07 Å². The van der Waals surface area contributed by atoms with E-state index in [9.17, 15) is 14.7 Å². The van der Waals surface area contributed by atoms with Crippen LogP contribution in [0.5, 0.6) is 0 Å². The van der Waals surface area contributed by atoms with E-state index in [0.29, 0.717) is 11.6 Å². The number of hydrogen-bond acceptors (Lipinski definition) is 4. The van der Waals surface area contributed by atoms with Gasteiger partial charge in [0.25, 0.3) is 11.5 Å². The number of carbonyl (C=O) groups excluding carboxylic acids is 1. The second-order valence-electron chi connectivity index (χ2n) is 8.69. The largest absolute Gasteiger partial charge is 0.393 e. The molecule has 1 aliphatic heterocycles. The van der Waals surface area contributed by atoms with Crippen LogP contribution in [-0.4, -0.2) is 40.1 Å². The number of aliphatic hydroxyl groups is 1. The minimum Gasteiger partial charge on any atom is -0.393 e. The Labute approximate surface area is 177 Å². The first kappa shape index (κ1) is 20.8. The Hall–Kier alpha value is -2.44. The smallest absolute Gasteiger partial charge is 0.261 e. The van der Waals surface area contributed by atoms with Crippen molar-refractivity contribution in [2.45, 2.75) is 58.1 Å². The number of nitrogens with one attached hydrogen (secondary N) is 2. The summed E-state index contributed by atoms with van der Waals surface area (Å²) in [4.78, 5) is 30.6. The predicted octanol–water partition coefficient (Wildman–Crippen LogP) is 3.10. The van der Waals surface area contributed by atoms with Gasteiger partial charge in [0.05, 0.1) is 6.10 Å². The first-order valence-electron chi connectivity index (χ1n) is 11.1. The first-order chi connectivity index (χ1) is 14.5. The van der Waals surface area contributed by atoms with Crippen LogP contribution >= 0.6 is 0 Å². The van der Waals surface area contributed by atoms with E-state index in [1.807, 2.05) is 24.3 Å². The number of aromatic amines is 1. The maximum Gasteiger partial charge on any atom is 0.261 e. The molecule has 0 bridgehead atoms. The molecule has 6 nitrogen and oxygen atoms in total. The number of likely N-dealkylation sites (tertiary alicyclic amines) is 1. The summed E-state index contributed by atoms with van der Waals surface area (Å²) in [5, 5.41) is 12.6. The molecule has 2 aromatic rings. The third-order valence-electron chi connectivity index (χ3n) is 6.50. The number of aryl methyl sites for hydroxylation is 1. The number of aliphatic hydroxyl groups excluding tert-OH is 1. The molecule has 2 aliphatic rings. The van der Waals surface area contributed by atoms with Crippen LogP contribution in [0.2, 0.25) is 0 Å². The summed E-state index contributed by atoms with van der Waals surface area (Å²) in [6.07, 6.45) is 5.42. The Kier molecular flexibility index (Phi) is 6.35. The molecule has 1 amide bonds. The van der Waals surface area contributed by atoms with Gasteiger partial charge in [-0.25, -0.2) is 0 Å². The second kappa shape index (κ2) is 9.14. The highest BCUT2D eigenvalue weighted by molar-refractivity contribution is 6.04. The van der Waals surface area contributed by atoms with Crippen LogP contribution < -0.4 is 10.9 Å². The molecule has 1 saturated heterocycles. The lowest BCUT2D eigenvalue weighted by atomic mass is 9.84. The number of carbonyl (C=O) groups is 1. The second-order valence-corrected chi connectivity index (χ2v) is 8.69. The predicted molar refractivity (Wildman–Crippen MR) is 118 cm³/mol. The number of amides is 1. The van der Waals surface area contributed by atoms with Crippen molar-refractivity contribution in [2.75, 3.05) is 18.4 Å². The zero-order chi connectivity index (χ0) is 21.1. The van der Waals surface area contributed by atoms with Gasteiger partial charge in [0.2, 0.25) is 0 Å². The lowest BCUT2D eigenvalue weighted by Crippen LogP contribution is -2.35. The summed E-state index contributed by atoms with van der Waals surface area (Å²) in [7, 11) is 0. The van der Waals surface area contributed by atoms with Crippen LogP contribution in [0.4, 0.5) is 5.69 Å². The number of fused-ring (bicyclic) bond motifs is 1. The van der Waals surface area contributed by atoms with Crippen LogP contribution in [0.1, 0.15) is 59.8 Å². The normalized spacial score (nSPS) is 20.0. The number of pyridine rings is 1. The highest BCUT2D eigenvalue weighted by Gasteiger charge is 2.22. The van der Waals surface area contributed by atoms with Crippen molar-refractivity contribution >= 4 is 11.6 Å². The number of hydrogen-bond donors (Lipinski definition) is 3. The van der Waals surface area contributed by atoms with Crippen molar-refractivity contribution in [3.8, 4) is 0 Å². The van der Waals surface area contributed by atoms with Crippen LogP contribution in [-0.2, 0) is 19.4 Å². The van der Waals surface area contributed by atoms with Gasteiger partial charge in [-0.1, -0.05) is 25.5 Å². The van der Waals surface area contributed by atoms with Crippen LogP contribution in [0.15, 0.2) is 35.1 Å². The Morgan fingerprint density at radius 3 is 2.80 bits per heavy atom. The number of nitrogens with zero attached hydrogens (tertiary/aromatic N) is 1. The van der Waals surface area contributed by atoms with Crippen molar-refractivity contribution < 1.29 is 9.90 Å². The fourth-order valence-corrected chi connectivity index (χ4v) is 4.58. The Morgan fingerprint density at radius 1 is 1.23 bits per heavy atom. The van der Waals surface area contributed by atoms with Gasteiger partial charge in [0.1, 0.15) is 5.56 Å². The van der Waals surface area contributed by atoms with Gasteiger partial charge in [-0.05, 0) is 67.3 Å². The minimum absolute atomic E-state index is 0.181. The molecular formula is C24H31N3O3. The molecule has 4 rings (SSSR count). The van der Waals surface area contributed by atoms with Gasteiger partial charge in [-0.2, -0.15) is 0 Å². The van der Waals surface area contributed by atoms with Gasteiger partial charge in [0, 0.05) is 31.0 Å². The third kappa shape index (κ3) is 4.82. The molecule has 0 saturated carbocycles. The minimum atomic E-state index is -0.365. The number of aromatic nitrogens is 1. The van der Waals surface area contributed by atoms with E-state index in [4.69, 9.17) is 0 Å². The molecule has 6 heteroatoms. The van der Waals surface area contributed by atoms with Crippen molar-refractivity contribution in [2.24, 2.45) is 5.92 Å². The van der Waals surface area contributed by atoms with Crippen LogP contribution in [0.25, 0.3) is 0 Å². The zero-order valence-corrected chi connectivity index (χ0v) is 17.6. The molecule has 160 valence electrons. The topological polar surface area (TPSA) is 85.4 Å². The van der Waals surface area contributed by atoms with E-state index in [0.717, 1.165) is 75.0 Å². The summed E-state index contributed by atoms with van der Waals surface area (Å²) in [6, 6.07) is 9.56. The van der Waals surface area contributed by atoms with Crippen LogP contribution in [0, 0.1) is 5.92 Å². The number of benzene rings is 1. The van der Waals surface area contributed by atoms with Gasteiger partial charge >= 0.3 is 0 Å². The molecular weight excluding hydrogens is 378 g/mol. The van der Waals surface area contributed by atoms with Gasteiger partial charge in [0.15, 0.2) is 0 Å². The summed E-state index contributed by atoms with van der Waals surface area (Å²) in [6.45, 7) is 4.73. The average molecular weight is 410 g/mol. The monoisotopic (exact) mass is 409 g/mol.